The van der Waals surface area contributed by atoms with Gasteiger partial charge in [0.2, 0.25) is 0 Å². The van der Waals surface area contributed by atoms with Crippen molar-refractivity contribution in [3.8, 4) is 0 Å². The predicted octanol–water partition coefficient (Wildman–Crippen LogP) is 3.84. The normalized spacial score (nSPS) is 10.9. The molecule has 2 aromatic carbocycles. The van der Waals surface area contributed by atoms with Gasteiger partial charge in [-0.25, -0.2) is 4.79 Å². The maximum Gasteiger partial charge on any atom is 0.335 e. The monoisotopic (exact) mass is 363 g/mol. The number of nitrogens with one attached hydrogen (secondary N) is 1. The number of carboxylic acid groups (broad SMARTS) is 1. The molecule has 1 heterocycles. The molecule has 5 heteroatoms. The van der Waals surface area contributed by atoms with Gasteiger partial charge < -0.3 is 10.4 Å². The van der Waals surface area contributed by atoms with E-state index in [-0.39, 0.29) is 0 Å². The molecule has 3 aromatic rings. The highest BCUT2D eigenvalue weighted by Gasteiger charge is 2.11. The van der Waals surface area contributed by atoms with Crippen LogP contribution in [-0.4, -0.2) is 20.9 Å². The Morgan fingerprint density at radius 3 is 2.22 bits per heavy atom. The molecule has 0 aliphatic heterocycles. The fourth-order valence-electron chi connectivity index (χ4n) is 3.11. The van der Waals surface area contributed by atoms with Gasteiger partial charge in [-0.2, -0.15) is 5.10 Å². The number of aryl methyl sites for hydroxylation is 2. The third kappa shape index (κ3) is 4.63. The lowest BCUT2D eigenvalue weighted by atomic mass is 10.1. The molecule has 0 fully saturated rings. The van der Waals surface area contributed by atoms with Crippen LogP contribution in [0.15, 0.2) is 48.5 Å². The van der Waals surface area contributed by atoms with E-state index in [0.717, 1.165) is 24.3 Å². The second-order valence-electron chi connectivity index (χ2n) is 6.90. The lowest BCUT2D eigenvalue weighted by Crippen LogP contribution is -2.14. The Morgan fingerprint density at radius 1 is 0.963 bits per heavy atom. The highest BCUT2D eigenvalue weighted by atomic mass is 16.4. The van der Waals surface area contributed by atoms with Gasteiger partial charge in [0.15, 0.2) is 0 Å². The van der Waals surface area contributed by atoms with Crippen LogP contribution in [0.5, 0.6) is 0 Å². The number of aromatic carboxylic acids is 1. The minimum absolute atomic E-state index is 0.308. The summed E-state index contributed by atoms with van der Waals surface area (Å²) in [6, 6.07) is 15.5. The molecule has 0 aliphatic rings. The van der Waals surface area contributed by atoms with Crippen molar-refractivity contribution in [2.45, 2.75) is 40.4 Å². The molecule has 0 saturated carbocycles. The first kappa shape index (κ1) is 18.9. The van der Waals surface area contributed by atoms with Gasteiger partial charge in [-0.05, 0) is 44.0 Å². The van der Waals surface area contributed by atoms with Gasteiger partial charge in [0.1, 0.15) is 0 Å². The van der Waals surface area contributed by atoms with E-state index in [2.05, 4.69) is 48.1 Å². The molecule has 5 nitrogen and oxygen atoms in total. The number of carbonyl (C=O) groups is 1. The molecule has 3 rings (SSSR count). The van der Waals surface area contributed by atoms with Gasteiger partial charge in [-0.15, -0.1) is 0 Å². The Hall–Kier alpha value is -2.92. The van der Waals surface area contributed by atoms with Gasteiger partial charge >= 0.3 is 5.97 Å². The van der Waals surface area contributed by atoms with E-state index >= 15 is 0 Å². The quantitative estimate of drug-likeness (QED) is 0.669. The lowest BCUT2D eigenvalue weighted by Gasteiger charge is -2.08. The average molecular weight is 363 g/mol. The summed E-state index contributed by atoms with van der Waals surface area (Å²) in [7, 11) is 0. The van der Waals surface area contributed by atoms with E-state index in [1.54, 1.807) is 12.1 Å². The summed E-state index contributed by atoms with van der Waals surface area (Å²) in [6.07, 6.45) is 0. The summed E-state index contributed by atoms with van der Waals surface area (Å²) < 4.78 is 2.05. The number of rotatable bonds is 7. The first-order valence-corrected chi connectivity index (χ1v) is 9.05. The van der Waals surface area contributed by atoms with Gasteiger partial charge in [0.25, 0.3) is 0 Å². The Bertz CT molecular complexity index is 925. The summed E-state index contributed by atoms with van der Waals surface area (Å²) in [5, 5.41) is 17.1. The first-order chi connectivity index (χ1) is 12.9. The fraction of sp³-hybridized carbons (Fsp3) is 0.273. The first-order valence-electron chi connectivity index (χ1n) is 9.05. The van der Waals surface area contributed by atoms with E-state index in [4.69, 9.17) is 10.2 Å². The zero-order valence-corrected chi connectivity index (χ0v) is 16.0. The molecule has 27 heavy (non-hydrogen) atoms. The van der Waals surface area contributed by atoms with Crippen LogP contribution in [0.1, 0.15) is 44.0 Å². The molecule has 0 unspecified atom stereocenters. The Balaban J connectivity index is 1.62. The number of hydrogen-bond donors (Lipinski definition) is 2. The van der Waals surface area contributed by atoms with Crippen LogP contribution in [0.25, 0.3) is 0 Å². The lowest BCUT2D eigenvalue weighted by molar-refractivity contribution is 0.0697. The zero-order valence-electron chi connectivity index (χ0n) is 16.0. The van der Waals surface area contributed by atoms with Crippen molar-refractivity contribution in [2.75, 3.05) is 0 Å². The van der Waals surface area contributed by atoms with Crippen LogP contribution < -0.4 is 5.32 Å². The SMILES string of the molecule is Cc1ccc(Cn2nc(C)c(CNCc3ccc(C(=O)O)cc3)c2C)cc1. The molecule has 0 bridgehead atoms. The van der Waals surface area contributed by atoms with E-state index in [9.17, 15) is 4.79 Å². The maximum atomic E-state index is 10.9. The number of carboxylic acids is 1. The summed E-state index contributed by atoms with van der Waals surface area (Å²) >= 11 is 0. The summed E-state index contributed by atoms with van der Waals surface area (Å²) in [6.45, 7) is 8.41. The van der Waals surface area contributed by atoms with Crippen LogP contribution in [0, 0.1) is 20.8 Å². The second kappa shape index (κ2) is 8.18. The highest BCUT2D eigenvalue weighted by molar-refractivity contribution is 5.87. The number of aromatic nitrogens is 2. The second-order valence-corrected chi connectivity index (χ2v) is 6.90. The van der Waals surface area contributed by atoms with Crippen LogP contribution >= 0.6 is 0 Å². The Kier molecular flexibility index (Phi) is 5.72. The number of nitrogens with zero attached hydrogens (tertiary/aromatic N) is 2. The predicted molar refractivity (Wildman–Crippen MR) is 106 cm³/mol. The van der Waals surface area contributed by atoms with Gasteiger partial charge in [0.05, 0.1) is 17.8 Å². The minimum atomic E-state index is -0.901. The van der Waals surface area contributed by atoms with Crippen molar-refractivity contribution in [1.82, 2.24) is 15.1 Å². The van der Waals surface area contributed by atoms with Crippen LogP contribution in [-0.2, 0) is 19.6 Å². The van der Waals surface area contributed by atoms with Crippen molar-refractivity contribution in [3.63, 3.8) is 0 Å². The number of hydrogen-bond acceptors (Lipinski definition) is 3. The maximum absolute atomic E-state index is 10.9. The smallest absolute Gasteiger partial charge is 0.335 e. The zero-order chi connectivity index (χ0) is 19.4. The van der Waals surface area contributed by atoms with Crippen molar-refractivity contribution in [2.24, 2.45) is 0 Å². The summed E-state index contributed by atoms with van der Waals surface area (Å²) in [5.74, 6) is -0.901. The molecule has 2 N–H and O–H groups in total. The average Bonchev–Trinajstić information content (AvgIpc) is 2.91. The van der Waals surface area contributed by atoms with Gasteiger partial charge in [-0.1, -0.05) is 42.0 Å². The van der Waals surface area contributed by atoms with Crippen molar-refractivity contribution in [1.29, 1.82) is 0 Å². The Labute approximate surface area is 159 Å². The van der Waals surface area contributed by atoms with E-state index in [1.807, 2.05) is 19.1 Å². The largest absolute Gasteiger partial charge is 0.478 e. The van der Waals surface area contributed by atoms with E-state index < -0.39 is 5.97 Å². The standard InChI is InChI=1S/C22H25N3O2/c1-15-4-6-19(7-5-15)14-25-17(3)21(16(2)24-25)13-23-12-18-8-10-20(11-9-18)22(26)27/h4-11,23H,12-14H2,1-3H3,(H,26,27). The fourth-order valence-corrected chi connectivity index (χ4v) is 3.11. The van der Waals surface area contributed by atoms with Crippen LogP contribution in [0.2, 0.25) is 0 Å². The third-order valence-corrected chi connectivity index (χ3v) is 4.82. The molecule has 0 spiro atoms. The summed E-state index contributed by atoms with van der Waals surface area (Å²) in [4.78, 5) is 10.9. The highest BCUT2D eigenvalue weighted by Crippen LogP contribution is 2.15. The molecule has 0 saturated heterocycles. The minimum Gasteiger partial charge on any atom is -0.478 e. The molecule has 140 valence electrons. The molecule has 0 amide bonds. The Morgan fingerprint density at radius 2 is 1.59 bits per heavy atom. The molecular weight excluding hydrogens is 338 g/mol. The number of benzene rings is 2. The molecule has 0 radical (unpaired) electrons. The van der Waals surface area contributed by atoms with Crippen molar-refractivity contribution < 1.29 is 9.90 Å². The summed E-state index contributed by atoms with van der Waals surface area (Å²) in [5.41, 5.74) is 7.28. The topological polar surface area (TPSA) is 67.2 Å². The van der Waals surface area contributed by atoms with Crippen molar-refractivity contribution >= 4 is 5.97 Å². The van der Waals surface area contributed by atoms with Crippen LogP contribution in [0.4, 0.5) is 0 Å². The van der Waals surface area contributed by atoms with Crippen molar-refractivity contribution in [3.05, 3.63) is 87.7 Å². The molecule has 0 atom stereocenters. The van der Waals surface area contributed by atoms with E-state index in [0.29, 0.717) is 12.1 Å². The van der Waals surface area contributed by atoms with Crippen LogP contribution in [0.3, 0.4) is 0 Å². The molecule has 1 aromatic heterocycles. The molecule has 0 aliphatic carbocycles. The third-order valence-electron chi connectivity index (χ3n) is 4.82. The molecular formula is C22H25N3O2. The van der Waals surface area contributed by atoms with Gasteiger partial charge in [0, 0.05) is 24.3 Å². The van der Waals surface area contributed by atoms with E-state index in [1.165, 1.54) is 22.4 Å². The van der Waals surface area contributed by atoms with Gasteiger partial charge in [-0.3, -0.25) is 4.68 Å².